The Balaban J connectivity index is 3.17. The molecule has 1 aromatic rings. The Kier molecular flexibility index (Phi) is 5.84. The van der Waals surface area contributed by atoms with E-state index in [1.807, 2.05) is 0 Å². The van der Waals surface area contributed by atoms with Crippen molar-refractivity contribution in [2.45, 2.75) is 45.8 Å². The van der Waals surface area contributed by atoms with Crippen LogP contribution in [0.15, 0.2) is 16.6 Å². The van der Waals surface area contributed by atoms with Gasteiger partial charge in [0.2, 0.25) is 0 Å². The quantitative estimate of drug-likeness (QED) is 0.608. The first-order chi connectivity index (χ1) is 9.90. The van der Waals surface area contributed by atoms with Crippen LogP contribution in [-0.4, -0.2) is 41.5 Å². The van der Waals surface area contributed by atoms with E-state index in [4.69, 9.17) is 9.39 Å². The molecule has 0 spiro atoms. The van der Waals surface area contributed by atoms with Gasteiger partial charge in [0, 0.05) is 4.47 Å². The lowest BCUT2D eigenvalue weighted by molar-refractivity contribution is -0.0982. The van der Waals surface area contributed by atoms with Crippen molar-refractivity contribution in [1.82, 2.24) is 0 Å². The first kappa shape index (κ1) is 19.2. The minimum Gasteiger partial charge on any atom is -0.465 e. The number of halogens is 1. The molecule has 0 aromatic heterocycles. The van der Waals surface area contributed by atoms with E-state index in [9.17, 15) is 14.9 Å². The summed E-state index contributed by atoms with van der Waals surface area (Å²) in [6.07, 6.45) is 0. The van der Waals surface area contributed by atoms with Crippen molar-refractivity contribution >= 4 is 34.5 Å². The second-order valence-corrected chi connectivity index (χ2v) is 7.06. The number of carbonyl (C=O) groups is 1. The van der Waals surface area contributed by atoms with E-state index in [0.29, 0.717) is 21.1 Å². The van der Waals surface area contributed by atoms with Gasteiger partial charge in [-0.3, -0.25) is 0 Å². The maximum Gasteiger partial charge on any atom is 0.491 e. The number of hydrogen-bond donors (Lipinski definition) is 2. The summed E-state index contributed by atoms with van der Waals surface area (Å²) in [4.78, 5) is 11.8. The van der Waals surface area contributed by atoms with Crippen LogP contribution in [-0.2, 0) is 9.39 Å². The van der Waals surface area contributed by atoms with Crippen molar-refractivity contribution in [3.8, 4) is 0 Å². The maximum absolute atomic E-state index is 11.8. The molecule has 0 atom stereocenters. The lowest BCUT2D eigenvalue weighted by Gasteiger charge is -2.38. The summed E-state index contributed by atoms with van der Waals surface area (Å²) in [5.41, 5.74) is -0.689. The zero-order chi connectivity index (χ0) is 17.3. The number of benzene rings is 1. The molecule has 0 unspecified atom stereocenters. The Bertz CT molecular complexity index is 566. The van der Waals surface area contributed by atoms with E-state index >= 15 is 0 Å². The largest absolute Gasteiger partial charge is 0.491 e. The molecule has 0 amide bonds. The number of hydrogen-bond acceptors (Lipinski definition) is 5. The fourth-order valence-electron chi connectivity index (χ4n) is 1.66. The molecule has 0 heterocycles. The van der Waals surface area contributed by atoms with Crippen LogP contribution < -0.4 is 5.46 Å². The molecular formula is C15H22BBrO5. The van der Waals surface area contributed by atoms with Crippen molar-refractivity contribution in [3.05, 3.63) is 27.7 Å². The highest BCUT2D eigenvalue weighted by Crippen LogP contribution is 2.26. The van der Waals surface area contributed by atoms with E-state index in [1.54, 1.807) is 40.7 Å². The molecule has 0 saturated heterocycles. The second kappa shape index (κ2) is 6.70. The van der Waals surface area contributed by atoms with Gasteiger partial charge in [0.1, 0.15) is 0 Å². The highest BCUT2D eigenvalue weighted by molar-refractivity contribution is 9.10. The molecule has 2 N–H and O–H groups in total. The van der Waals surface area contributed by atoms with E-state index < -0.39 is 24.3 Å². The average molecular weight is 373 g/mol. The minimum absolute atomic E-state index is 0.343. The van der Waals surface area contributed by atoms with E-state index in [-0.39, 0.29) is 0 Å². The normalized spacial score (nSPS) is 12.2. The van der Waals surface area contributed by atoms with Crippen LogP contribution in [0.2, 0.25) is 0 Å². The Morgan fingerprint density at radius 1 is 1.27 bits per heavy atom. The number of carbonyl (C=O) groups excluding carboxylic acids is 1. The maximum atomic E-state index is 11.8. The van der Waals surface area contributed by atoms with Crippen molar-refractivity contribution < 1.29 is 24.3 Å². The molecule has 0 aliphatic heterocycles. The van der Waals surface area contributed by atoms with E-state index in [2.05, 4.69) is 15.9 Å². The standard InChI is InChI=1S/C15H22BBrO5/c1-9-11(13(18)21-6)7-10(8-12(9)17)16(20)22-15(4,5)14(2,3)19/h7-8,19-20H,1-6H3. The molecular weight excluding hydrogens is 351 g/mol. The smallest absolute Gasteiger partial charge is 0.465 e. The summed E-state index contributed by atoms with van der Waals surface area (Å²) in [6, 6.07) is 3.20. The Hall–Kier alpha value is -0.885. The second-order valence-electron chi connectivity index (χ2n) is 6.21. The molecule has 0 bridgehead atoms. The lowest BCUT2D eigenvalue weighted by atomic mass is 9.75. The number of aliphatic hydroxyl groups is 1. The van der Waals surface area contributed by atoms with Gasteiger partial charge in [0.05, 0.1) is 23.9 Å². The SMILES string of the molecule is COC(=O)c1cc(B(O)OC(C)(C)C(C)(C)O)cc(Br)c1C. The van der Waals surface area contributed by atoms with Crippen LogP contribution in [0.1, 0.15) is 43.6 Å². The molecule has 22 heavy (non-hydrogen) atoms. The first-order valence-corrected chi connectivity index (χ1v) is 7.66. The Morgan fingerprint density at radius 2 is 1.82 bits per heavy atom. The number of rotatable bonds is 5. The van der Waals surface area contributed by atoms with Crippen LogP contribution in [0.4, 0.5) is 0 Å². The summed E-state index contributed by atoms with van der Waals surface area (Å²) < 4.78 is 11.0. The predicted molar refractivity (Wildman–Crippen MR) is 89.3 cm³/mol. The highest BCUT2D eigenvalue weighted by atomic mass is 79.9. The van der Waals surface area contributed by atoms with Gasteiger partial charge in [-0.1, -0.05) is 15.9 Å². The molecule has 0 saturated carbocycles. The molecule has 0 aliphatic carbocycles. The van der Waals surface area contributed by atoms with E-state index in [1.165, 1.54) is 13.2 Å². The lowest BCUT2D eigenvalue weighted by Crippen LogP contribution is -2.53. The molecule has 0 fully saturated rings. The molecule has 0 radical (unpaired) electrons. The fraction of sp³-hybridized carbons (Fsp3) is 0.533. The molecule has 1 rings (SSSR count). The van der Waals surface area contributed by atoms with Gasteiger partial charge >= 0.3 is 13.1 Å². The summed E-state index contributed by atoms with van der Waals surface area (Å²) in [6.45, 7) is 8.34. The average Bonchev–Trinajstić information content (AvgIpc) is 2.38. The number of esters is 1. The van der Waals surface area contributed by atoms with Crippen molar-refractivity contribution in [2.24, 2.45) is 0 Å². The molecule has 1 aromatic carbocycles. The zero-order valence-corrected chi connectivity index (χ0v) is 15.3. The summed E-state index contributed by atoms with van der Waals surface area (Å²) in [7, 11) is 0.00822. The number of methoxy groups -OCH3 is 1. The molecule has 0 aliphatic rings. The molecule has 5 nitrogen and oxygen atoms in total. The first-order valence-electron chi connectivity index (χ1n) is 6.87. The Morgan fingerprint density at radius 3 is 2.27 bits per heavy atom. The van der Waals surface area contributed by atoms with Gasteiger partial charge in [-0.25, -0.2) is 4.79 Å². The molecule has 122 valence electrons. The van der Waals surface area contributed by atoms with Gasteiger partial charge in [-0.05, 0) is 57.8 Å². The topological polar surface area (TPSA) is 76.0 Å². The Labute approximate surface area is 139 Å². The van der Waals surface area contributed by atoms with Crippen LogP contribution in [0.3, 0.4) is 0 Å². The van der Waals surface area contributed by atoms with Gasteiger partial charge in [-0.15, -0.1) is 0 Å². The summed E-state index contributed by atoms with van der Waals surface area (Å²) in [5.74, 6) is -0.492. The van der Waals surface area contributed by atoms with Crippen LogP contribution in [0, 0.1) is 6.92 Å². The van der Waals surface area contributed by atoms with Crippen molar-refractivity contribution in [1.29, 1.82) is 0 Å². The third-order valence-corrected chi connectivity index (χ3v) is 4.76. The zero-order valence-electron chi connectivity index (χ0n) is 13.7. The predicted octanol–water partition coefficient (Wildman–Crippen LogP) is 1.80. The summed E-state index contributed by atoms with van der Waals surface area (Å²) in [5, 5.41) is 20.4. The third-order valence-electron chi connectivity index (χ3n) is 3.94. The molecule has 7 heteroatoms. The van der Waals surface area contributed by atoms with Crippen molar-refractivity contribution in [3.63, 3.8) is 0 Å². The number of ether oxygens (including phenoxy) is 1. The van der Waals surface area contributed by atoms with Gasteiger partial charge in [-0.2, -0.15) is 0 Å². The summed E-state index contributed by atoms with van der Waals surface area (Å²) >= 11 is 3.36. The monoisotopic (exact) mass is 372 g/mol. The van der Waals surface area contributed by atoms with E-state index in [0.717, 1.165) is 0 Å². The van der Waals surface area contributed by atoms with Gasteiger partial charge in [0.25, 0.3) is 0 Å². The van der Waals surface area contributed by atoms with Gasteiger partial charge < -0.3 is 19.5 Å². The van der Waals surface area contributed by atoms with Crippen LogP contribution >= 0.6 is 15.9 Å². The highest BCUT2D eigenvalue weighted by Gasteiger charge is 2.39. The van der Waals surface area contributed by atoms with Crippen LogP contribution in [0.5, 0.6) is 0 Å². The van der Waals surface area contributed by atoms with Crippen molar-refractivity contribution in [2.75, 3.05) is 7.11 Å². The fourth-order valence-corrected chi connectivity index (χ4v) is 2.13. The minimum atomic E-state index is -1.29. The van der Waals surface area contributed by atoms with Gasteiger partial charge in [0.15, 0.2) is 0 Å². The van der Waals surface area contributed by atoms with Crippen LogP contribution in [0.25, 0.3) is 0 Å². The third kappa shape index (κ3) is 4.10.